The number of sulfonamides is 1. The molecule has 1 aromatic heterocycles. The Morgan fingerprint density at radius 2 is 1.95 bits per heavy atom. The first-order valence-electron chi connectivity index (χ1n) is 6.05. The molecule has 21 heavy (non-hydrogen) atoms. The van der Waals surface area contributed by atoms with Crippen LogP contribution >= 0.6 is 0 Å². The highest BCUT2D eigenvalue weighted by Gasteiger charge is 2.13. The Kier molecular flexibility index (Phi) is 4.05. The van der Waals surface area contributed by atoms with Crippen molar-refractivity contribution in [2.24, 2.45) is 5.14 Å². The van der Waals surface area contributed by atoms with Crippen LogP contribution in [0.3, 0.4) is 0 Å². The first-order valence-corrected chi connectivity index (χ1v) is 7.60. The predicted molar refractivity (Wildman–Crippen MR) is 73.4 cm³/mol. The van der Waals surface area contributed by atoms with E-state index in [1.54, 1.807) is 19.1 Å². The van der Waals surface area contributed by atoms with Crippen LogP contribution in [0.15, 0.2) is 29.2 Å². The maximum Gasteiger partial charge on any atom is 0.303 e. The minimum atomic E-state index is -3.74. The molecular formula is C12H14N4O4S. The van der Waals surface area contributed by atoms with E-state index in [1.165, 1.54) is 16.8 Å². The molecule has 0 saturated carbocycles. The van der Waals surface area contributed by atoms with Gasteiger partial charge in [-0.05, 0) is 31.2 Å². The molecule has 1 aromatic carbocycles. The summed E-state index contributed by atoms with van der Waals surface area (Å²) in [4.78, 5) is 10.6. The molecular weight excluding hydrogens is 296 g/mol. The second-order valence-electron chi connectivity index (χ2n) is 4.47. The summed E-state index contributed by atoms with van der Waals surface area (Å²) in [6, 6.07) is 5.87. The van der Waals surface area contributed by atoms with E-state index < -0.39 is 16.0 Å². The van der Waals surface area contributed by atoms with Gasteiger partial charge < -0.3 is 5.11 Å². The summed E-state index contributed by atoms with van der Waals surface area (Å²) in [6.07, 6.45) is 0.264. The summed E-state index contributed by atoms with van der Waals surface area (Å²) < 4.78 is 23.9. The fourth-order valence-electron chi connectivity index (χ4n) is 1.84. The van der Waals surface area contributed by atoms with Crippen LogP contribution in [0.1, 0.15) is 17.8 Å². The van der Waals surface area contributed by atoms with Gasteiger partial charge in [0, 0.05) is 6.42 Å². The molecule has 0 unspecified atom stereocenters. The van der Waals surface area contributed by atoms with Crippen molar-refractivity contribution in [3.05, 3.63) is 35.7 Å². The Morgan fingerprint density at radius 3 is 2.48 bits per heavy atom. The maximum absolute atomic E-state index is 11.2. The number of carboxylic acid groups (broad SMARTS) is 1. The largest absolute Gasteiger partial charge is 0.481 e. The topological polar surface area (TPSA) is 128 Å². The van der Waals surface area contributed by atoms with Crippen molar-refractivity contribution in [2.45, 2.75) is 24.7 Å². The van der Waals surface area contributed by atoms with E-state index in [1.807, 2.05) is 0 Å². The number of nitrogens with zero attached hydrogens (tertiary/aromatic N) is 3. The number of carbonyl (C=O) groups is 1. The Hall–Kier alpha value is -2.26. The molecule has 0 saturated heterocycles. The van der Waals surface area contributed by atoms with Crippen LogP contribution in [0.4, 0.5) is 0 Å². The number of carboxylic acids is 1. The van der Waals surface area contributed by atoms with E-state index in [-0.39, 0.29) is 17.7 Å². The van der Waals surface area contributed by atoms with Crippen LogP contribution in [0.2, 0.25) is 0 Å². The van der Waals surface area contributed by atoms with Gasteiger partial charge in [-0.15, -0.1) is 5.10 Å². The number of aromatic nitrogens is 3. The SMILES string of the molecule is Cc1c(CCC(=O)O)nnn1-c1ccc(S(N)(=O)=O)cc1. The monoisotopic (exact) mass is 310 g/mol. The van der Waals surface area contributed by atoms with Gasteiger partial charge in [0.05, 0.1) is 28.4 Å². The van der Waals surface area contributed by atoms with Gasteiger partial charge in [0.2, 0.25) is 10.0 Å². The highest BCUT2D eigenvalue weighted by atomic mass is 32.2. The van der Waals surface area contributed by atoms with Crippen molar-refractivity contribution in [1.82, 2.24) is 15.0 Å². The predicted octanol–water partition coefficient (Wildman–Crippen LogP) is 0.240. The van der Waals surface area contributed by atoms with Gasteiger partial charge in [0.25, 0.3) is 0 Å². The molecule has 0 atom stereocenters. The van der Waals surface area contributed by atoms with E-state index in [9.17, 15) is 13.2 Å². The molecule has 0 aliphatic heterocycles. The summed E-state index contributed by atoms with van der Waals surface area (Å²) in [5.74, 6) is -0.901. The van der Waals surface area contributed by atoms with Gasteiger partial charge in [0.1, 0.15) is 0 Å². The molecule has 0 spiro atoms. The second kappa shape index (κ2) is 5.62. The quantitative estimate of drug-likeness (QED) is 0.814. The summed E-state index contributed by atoms with van der Waals surface area (Å²) in [5.41, 5.74) is 1.92. The van der Waals surface area contributed by atoms with Gasteiger partial charge in [0.15, 0.2) is 0 Å². The van der Waals surface area contributed by atoms with Crippen molar-refractivity contribution >= 4 is 16.0 Å². The van der Waals surface area contributed by atoms with Crippen molar-refractivity contribution in [2.75, 3.05) is 0 Å². The van der Waals surface area contributed by atoms with Gasteiger partial charge in [-0.25, -0.2) is 18.2 Å². The first kappa shape index (κ1) is 15.1. The van der Waals surface area contributed by atoms with E-state index in [0.717, 1.165) is 0 Å². The molecule has 3 N–H and O–H groups in total. The van der Waals surface area contributed by atoms with E-state index >= 15 is 0 Å². The molecule has 0 aliphatic rings. The molecule has 8 nitrogen and oxygen atoms in total. The number of nitrogens with two attached hydrogens (primary N) is 1. The van der Waals surface area contributed by atoms with Gasteiger partial charge >= 0.3 is 5.97 Å². The molecule has 2 rings (SSSR count). The lowest BCUT2D eigenvalue weighted by Gasteiger charge is -2.04. The van der Waals surface area contributed by atoms with Crippen LogP contribution in [-0.2, 0) is 21.2 Å². The van der Waals surface area contributed by atoms with E-state index in [4.69, 9.17) is 10.2 Å². The van der Waals surface area contributed by atoms with E-state index in [0.29, 0.717) is 17.1 Å². The average molecular weight is 310 g/mol. The molecule has 0 aliphatic carbocycles. The third kappa shape index (κ3) is 3.44. The van der Waals surface area contributed by atoms with Crippen LogP contribution in [-0.4, -0.2) is 34.5 Å². The van der Waals surface area contributed by atoms with Gasteiger partial charge in [-0.3, -0.25) is 4.79 Å². The highest BCUT2D eigenvalue weighted by molar-refractivity contribution is 7.89. The summed E-state index contributed by atoms with van der Waals surface area (Å²) in [6.45, 7) is 1.77. The van der Waals surface area contributed by atoms with Crippen molar-refractivity contribution in [3.63, 3.8) is 0 Å². The number of aryl methyl sites for hydroxylation is 1. The van der Waals surface area contributed by atoms with Gasteiger partial charge in [-0.1, -0.05) is 5.21 Å². The first-order chi connectivity index (χ1) is 9.79. The molecule has 0 amide bonds. The summed E-state index contributed by atoms with van der Waals surface area (Å²) >= 11 is 0. The third-order valence-corrected chi connectivity index (χ3v) is 3.90. The van der Waals surface area contributed by atoms with Gasteiger partial charge in [-0.2, -0.15) is 0 Å². The number of hydrogen-bond donors (Lipinski definition) is 2. The maximum atomic E-state index is 11.2. The fraction of sp³-hybridized carbons (Fsp3) is 0.250. The zero-order valence-electron chi connectivity index (χ0n) is 11.2. The normalized spacial score (nSPS) is 11.5. The fourth-order valence-corrected chi connectivity index (χ4v) is 2.35. The standard InChI is InChI=1S/C12H14N4O4S/c1-8-11(6-7-12(17)18)14-15-16(8)9-2-4-10(5-3-9)21(13,19)20/h2-5H,6-7H2,1H3,(H,17,18)(H2,13,19,20). The Bertz CT molecular complexity index is 765. The molecule has 0 bridgehead atoms. The van der Waals surface area contributed by atoms with E-state index in [2.05, 4.69) is 10.3 Å². The minimum absolute atomic E-state index is 0.00937. The molecule has 2 aromatic rings. The average Bonchev–Trinajstić information content (AvgIpc) is 2.77. The summed E-state index contributed by atoms with van der Waals surface area (Å²) in [5, 5.41) is 21.6. The van der Waals surface area contributed by atoms with Crippen LogP contribution in [0, 0.1) is 6.92 Å². The van der Waals surface area contributed by atoms with Crippen LogP contribution < -0.4 is 5.14 Å². The second-order valence-corrected chi connectivity index (χ2v) is 6.03. The van der Waals surface area contributed by atoms with Crippen molar-refractivity contribution < 1.29 is 18.3 Å². The zero-order valence-corrected chi connectivity index (χ0v) is 12.0. The van der Waals surface area contributed by atoms with Crippen molar-refractivity contribution in [1.29, 1.82) is 0 Å². The molecule has 112 valence electrons. The lowest BCUT2D eigenvalue weighted by molar-refractivity contribution is -0.136. The number of aliphatic carboxylic acids is 1. The van der Waals surface area contributed by atoms with Crippen LogP contribution in [0.5, 0.6) is 0 Å². The number of hydrogen-bond acceptors (Lipinski definition) is 5. The molecule has 0 fully saturated rings. The Morgan fingerprint density at radius 1 is 1.33 bits per heavy atom. The summed E-state index contributed by atoms with van der Waals surface area (Å²) in [7, 11) is -3.74. The minimum Gasteiger partial charge on any atom is -0.481 e. The smallest absolute Gasteiger partial charge is 0.303 e. The zero-order chi connectivity index (χ0) is 15.6. The molecule has 9 heteroatoms. The lowest BCUT2D eigenvalue weighted by atomic mass is 10.2. The Balaban J connectivity index is 2.29. The number of primary sulfonamides is 1. The molecule has 1 heterocycles. The number of benzene rings is 1. The van der Waals surface area contributed by atoms with Crippen molar-refractivity contribution in [3.8, 4) is 5.69 Å². The Labute approximate surface area is 121 Å². The lowest BCUT2D eigenvalue weighted by Crippen LogP contribution is -2.12. The third-order valence-electron chi connectivity index (χ3n) is 2.98. The highest BCUT2D eigenvalue weighted by Crippen LogP contribution is 2.15. The van der Waals surface area contributed by atoms with Crippen LogP contribution in [0.25, 0.3) is 5.69 Å². The number of rotatable bonds is 5. The molecule has 0 radical (unpaired) electrons.